The number of hydrogen-bond donors (Lipinski definition) is 0. The first-order valence-corrected chi connectivity index (χ1v) is 7.24. The van der Waals surface area contributed by atoms with Gasteiger partial charge in [-0.15, -0.1) is 0 Å². The van der Waals surface area contributed by atoms with E-state index >= 15 is 0 Å². The highest BCUT2D eigenvalue weighted by Crippen LogP contribution is 2.10. The van der Waals surface area contributed by atoms with E-state index in [2.05, 4.69) is 6.92 Å². The summed E-state index contributed by atoms with van der Waals surface area (Å²) in [5, 5.41) is 9.99. The molecule has 0 aromatic carbocycles. The van der Waals surface area contributed by atoms with Gasteiger partial charge in [0.1, 0.15) is 0 Å². The molecule has 0 aromatic heterocycles. The number of nitrogens with zero attached hydrogens (tertiary/aromatic N) is 1. The Morgan fingerprint density at radius 3 is 2.00 bits per heavy atom. The zero-order chi connectivity index (χ0) is 13.5. The van der Waals surface area contributed by atoms with Crippen LogP contribution in [-0.4, -0.2) is 4.92 Å². The Morgan fingerprint density at radius 2 is 1.44 bits per heavy atom. The maximum atomic E-state index is 9.99. The molecule has 0 bridgehead atoms. The van der Waals surface area contributed by atoms with E-state index in [0.29, 0.717) is 0 Å². The molecule has 104 valence electrons. The lowest BCUT2D eigenvalue weighted by atomic mass is 10.1. The topological polar surface area (TPSA) is 43.1 Å². The smallest absolute Gasteiger partial charge is 0.234 e. The lowest BCUT2D eigenvalue weighted by Crippen LogP contribution is -1.81. The van der Waals surface area contributed by atoms with E-state index in [1.54, 1.807) is 6.08 Å². The van der Waals surface area contributed by atoms with E-state index in [1.807, 2.05) is 6.08 Å². The number of unbranched alkanes of at least 4 members (excludes halogenated alkanes) is 9. The van der Waals surface area contributed by atoms with E-state index in [0.717, 1.165) is 12.6 Å². The van der Waals surface area contributed by atoms with Gasteiger partial charge in [-0.2, -0.15) is 0 Å². The van der Waals surface area contributed by atoms with E-state index in [4.69, 9.17) is 0 Å². The van der Waals surface area contributed by atoms with Crippen LogP contribution in [0, 0.1) is 10.1 Å². The summed E-state index contributed by atoms with van der Waals surface area (Å²) in [5.74, 6) is 0. The molecule has 0 saturated carbocycles. The van der Waals surface area contributed by atoms with Crippen molar-refractivity contribution in [3.8, 4) is 0 Å². The summed E-state index contributed by atoms with van der Waals surface area (Å²) >= 11 is 0. The van der Waals surface area contributed by atoms with Gasteiger partial charge < -0.3 is 0 Å². The molecule has 0 aliphatic carbocycles. The minimum atomic E-state index is -0.442. The number of nitro groups is 1. The molecular weight excluding hydrogens is 226 g/mol. The molecule has 0 radical (unpaired) electrons. The number of hydrogen-bond acceptors (Lipinski definition) is 2. The van der Waals surface area contributed by atoms with Gasteiger partial charge in [0.05, 0.1) is 4.92 Å². The van der Waals surface area contributed by atoms with Crippen LogP contribution in [-0.2, 0) is 0 Å². The normalized spacial score (nSPS) is 11.6. The Bertz CT molecular complexity index is 247. The molecule has 3 heteroatoms. The Morgan fingerprint density at radius 1 is 0.889 bits per heavy atom. The van der Waals surface area contributed by atoms with Gasteiger partial charge >= 0.3 is 0 Å². The van der Waals surface area contributed by atoms with Gasteiger partial charge in [0.2, 0.25) is 6.20 Å². The summed E-state index contributed by atoms with van der Waals surface area (Å²) in [4.78, 5) is 9.54. The van der Waals surface area contributed by atoms with Crippen molar-refractivity contribution in [1.82, 2.24) is 0 Å². The highest BCUT2D eigenvalue weighted by atomic mass is 16.6. The third-order valence-corrected chi connectivity index (χ3v) is 2.93. The van der Waals surface area contributed by atoms with Crippen molar-refractivity contribution in [2.24, 2.45) is 0 Å². The van der Waals surface area contributed by atoms with Crippen LogP contribution in [0.15, 0.2) is 24.4 Å². The Kier molecular flexibility index (Phi) is 13.1. The van der Waals surface area contributed by atoms with Crippen LogP contribution in [0.4, 0.5) is 0 Å². The monoisotopic (exact) mass is 253 g/mol. The molecule has 0 amide bonds. The van der Waals surface area contributed by atoms with Crippen LogP contribution < -0.4 is 0 Å². The van der Waals surface area contributed by atoms with E-state index in [1.165, 1.54) is 63.9 Å². The van der Waals surface area contributed by atoms with E-state index in [-0.39, 0.29) is 0 Å². The summed E-state index contributed by atoms with van der Waals surface area (Å²) in [6.45, 7) is 2.24. The standard InChI is InChI=1S/C15H27NO2/c1-2-3-4-5-6-7-8-9-10-11-12-13-14-15-16(17)18/h12-15H,2-11H2,1H3. The molecule has 0 saturated heterocycles. The minimum Gasteiger partial charge on any atom is -0.259 e. The molecule has 0 N–H and O–H groups in total. The zero-order valence-electron chi connectivity index (χ0n) is 11.6. The molecule has 0 aliphatic heterocycles. The molecule has 0 rings (SSSR count). The van der Waals surface area contributed by atoms with Crippen molar-refractivity contribution in [2.75, 3.05) is 0 Å². The van der Waals surface area contributed by atoms with Crippen LogP contribution in [0.1, 0.15) is 71.1 Å². The highest BCUT2D eigenvalue weighted by Gasteiger charge is 1.91. The van der Waals surface area contributed by atoms with Crippen LogP contribution in [0.3, 0.4) is 0 Å². The lowest BCUT2D eigenvalue weighted by molar-refractivity contribution is -0.402. The molecule has 0 aliphatic rings. The van der Waals surface area contributed by atoms with Crippen molar-refractivity contribution in [3.05, 3.63) is 34.5 Å². The summed E-state index contributed by atoms with van der Waals surface area (Å²) in [5.41, 5.74) is 0. The van der Waals surface area contributed by atoms with Gasteiger partial charge in [-0.3, -0.25) is 10.1 Å². The van der Waals surface area contributed by atoms with Crippen LogP contribution in [0.5, 0.6) is 0 Å². The van der Waals surface area contributed by atoms with E-state index in [9.17, 15) is 10.1 Å². The lowest BCUT2D eigenvalue weighted by Gasteiger charge is -2.00. The van der Waals surface area contributed by atoms with Crippen molar-refractivity contribution < 1.29 is 4.92 Å². The number of allylic oxidation sites excluding steroid dienone is 3. The average molecular weight is 253 g/mol. The first kappa shape index (κ1) is 16.9. The molecule has 0 fully saturated rings. The van der Waals surface area contributed by atoms with Crippen molar-refractivity contribution >= 4 is 0 Å². The first-order valence-electron chi connectivity index (χ1n) is 7.24. The maximum Gasteiger partial charge on any atom is 0.234 e. The summed E-state index contributed by atoms with van der Waals surface area (Å²) < 4.78 is 0. The third-order valence-electron chi connectivity index (χ3n) is 2.93. The first-order chi connectivity index (χ1) is 8.77. The van der Waals surface area contributed by atoms with Crippen molar-refractivity contribution in [1.29, 1.82) is 0 Å². The Hall–Kier alpha value is -1.12. The van der Waals surface area contributed by atoms with Gasteiger partial charge in [0, 0.05) is 6.08 Å². The zero-order valence-corrected chi connectivity index (χ0v) is 11.6. The predicted octanol–water partition coefficient (Wildman–Crippen LogP) is 5.25. The summed E-state index contributed by atoms with van der Waals surface area (Å²) in [7, 11) is 0. The molecule has 0 atom stereocenters. The van der Waals surface area contributed by atoms with Gasteiger partial charge in [0.25, 0.3) is 0 Å². The molecule has 18 heavy (non-hydrogen) atoms. The summed E-state index contributed by atoms with van der Waals surface area (Å²) in [6.07, 6.45) is 19.2. The van der Waals surface area contributed by atoms with Gasteiger partial charge in [-0.05, 0) is 12.8 Å². The highest BCUT2D eigenvalue weighted by molar-refractivity contribution is 4.99. The van der Waals surface area contributed by atoms with Crippen LogP contribution in [0.2, 0.25) is 0 Å². The SMILES string of the molecule is CCCCCCCCCCCC=CC=C[N+](=O)[O-]. The molecule has 0 spiro atoms. The van der Waals surface area contributed by atoms with Crippen molar-refractivity contribution in [2.45, 2.75) is 71.1 Å². The fraction of sp³-hybridized carbons (Fsp3) is 0.733. The van der Waals surface area contributed by atoms with Crippen LogP contribution in [0.25, 0.3) is 0 Å². The molecule has 3 nitrogen and oxygen atoms in total. The molecular formula is C15H27NO2. The molecule has 0 unspecified atom stereocenters. The van der Waals surface area contributed by atoms with Crippen molar-refractivity contribution in [3.63, 3.8) is 0 Å². The molecule has 0 heterocycles. The maximum absolute atomic E-state index is 9.99. The average Bonchev–Trinajstić information content (AvgIpc) is 2.34. The third kappa shape index (κ3) is 14.9. The minimum absolute atomic E-state index is 0.442. The fourth-order valence-corrected chi connectivity index (χ4v) is 1.87. The molecule has 0 aromatic rings. The fourth-order valence-electron chi connectivity index (χ4n) is 1.87. The Balaban J connectivity index is 3.14. The van der Waals surface area contributed by atoms with Gasteiger partial charge in [0.15, 0.2) is 0 Å². The number of rotatable bonds is 12. The van der Waals surface area contributed by atoms with Gasteiger partial charge in [-0.1, -0.05) is 70.4 Å². The van der Waals surface area contributed by atoms with E-state index < -0.39 is 4.92 Å². The second-order valence-electron chi connectivity index (χ2n) is 4.67. The quantitative estimate of drug-likeness (QED) is 0.206. The Labute approximate surface area is 111 Å². The van der Waals surface area contributed by atoms with Crippen LogP contribution >= 0.6 is 0 Å². The predicted molar refractivity (Wildman–Crippen MR) is 77.1 cm³/mol. The second kappa shape index (κ2) is 13.9. The second-order valence-corrected chi connectivity index (χ2v) is 4.67. The largest absolute Gasteiger partial charge is 0.259 e. The summed E-state index contributed by atoms with van der Waals surface area (Å²) in [6, 6.07) is 0. The van der Waals surface area contributed by atoms with Gasteiger partial charge in [-0.25, -0.2) is 0 Å².